The van der Waals surface area contributed by atoms with Crippen LogP contribution in [0.15, 0.2) is 35.3 Å². The van der Waals surface area contributed by atoms with Gasteiger partial charge in [-0.1, -0.05) is 53.4 Å². The number of aromatic nitrogens is 2. The van der Waals surface area contributed by atoms with Crippen molar-refractivity contribution in [1.29, 1.82) is 0 Å². The van der Waals surface area contributed by atoms with E-state index in [1.807, 2.05) is 0 Å². The van der Waals surface area contributed by atoms with Gasteiger partial charge >= 0.3 is 0 Å². The smallest absolute Gasteiger partial charge is 0.265 e. The lowest BCUT2D eigenvalue weighted by atomic mass is 9.97. The van der Waals surface area contributed by atoms with E-state index in [1.54, 1.807) is 37.3 Å². The second kappa shape index (κ2) is 7.53. The van der Waals surface area contributed by atoms with Crippen LogP contribution < -0.4 is 10.6 Å². The minimum atomic E-state index is -0.955. The minimum Gasteiger partial charge on any atom is -0.304 e. The number of carbonyl (C=O) groups is 3. The summed E-state index contributed by atoms with van der Waals surface area (Å²) in [6, 6.07) is 8.71. The van der Waals surface area contributed by atoms with E-state index in [0.29, 0.717) is 10.7 Å². The molecule has 3 rings (SSSR count). The first-order chi connectivity index (χ1) is 12.0. The maximum atomic E-state index is 12.2. The summed E-state index contributed by atoms with van der Waals surface area (Å²) in [5.74, 6) is -2.29. The number of amidine groups is 1. The first kappa shape index (κ1) is 17.2. The van der Waals surface area contributed by atoms with Gasteiger partial charge in [0.1, 0.15) is 10.9 Å². The summed E-state index contributed by atoms with van der Waals surface area (Å²) in [6.45, 7) is 1.78. The molecule has 0 saturated heterocycles. The fraction of sp³-hybridized carbons (Fsp3) is 0.200. The van der Waals surface area contributed by atoms with E-state index in [0.717, 1.165) is 16.8 Å². The predicted octanol–water partition coefficient (Wildman–Crippen LogP) is 1.31. The molecule has 0 radical (unpaired) electrons. The zero-order valence-electron chi connectivity index (χ0n) is 13.1. The van der Waals surface area contributed by atoms with Crippen molar-refractivity contribution < 1.29 is 14.4 Å². The highest BCUT2D eigenvalue weighted by atomic mass is 32.2. The van der Waals surface area contributed by atoms with E-state index >= 15 is 0 Å². The molecule has 2 aromatic rings. The fourth-order valence-electron chi connectivity index (χ4n) is 2.13. The summed E-state index contributed by atoms with van der Waals surface area (Å²) in [5, 5.41) is 14.0. The molecule has 1 aromatic carbocycles. The fourth-order valence-corrected chi connectivity index (χ4v) is 3.40. The van der Waals surface area contributed by atoms with Crippen LogP contribution in [0.25, 0.3) is 0 Å². The monoisotopic (exact) mass is 375 g/mol. The van der Waals surface area contributed by atoms with Gasteiger partial charge in [0.2, 0.25) is 16.9 Å². The maximum Gasteiger partial charge on any atom is 0.265 e. The lowest BCUT2D eigenvalue weighted by Crippen LogP contribution is -2.41. The second-order valence-electron chi connectivity index (χ2n) is 5.05. The number of anilines is 1. The Morgan fingerprint density at radius 1 is 1.28 bits per heavy atom. The van der Waals surface area contributed by atoms with Crippen LogP contribution in [0.4, 0.5) is 5.13 Å². The SMILES string of the molecule is Cc1nnc(NC(=O)CSC2=NC(=O)[C@H](c3ccccc3)C(=O)N2)s1. The van der Waals surface area contributed by atoms with E-state index in [2.05, 4.69) is 25.8 Å². The molecular formula is C15H13N5O3S2. The Kier molecular flexibility index (Phi) is 5.19. The number of nitrogens with one attached hydrogen (secondary N) is 2. The predicted molar refractivity (Wildman–Crippen MR) is 95.5 cm³/mol. The van der Waals surface area contributed by atoms with Gasteiger partial charge in [-0.25, -0.2) is 0 Å². The summed E-state index contributed by atoms with van der Waals surface area (Å²) in [6.07, 6.45) is 0. The lowest BCUT2D eigenvalue weighted by Gasteiger charge is -2.19. The average molecular weight is 375 g/mol. The van der Waals surface area contributed by atoms with Gasteiger partial charge in [-0.15, -0.1) is 10.2 Å². The van der Waals surface area contributed by atoms with E-state index in [4.69, 9.17) is 0 Å². The van der Waals surface area contributed by atoms with Crippen LogP contribution in [-0.2, 0) is 14.4 Å². The highest BCUT2D eigenvalue weighted by Gasteiger charge is 2.33. The summed E-state index contributed by atoms with van der Waals surface area (Å²) in [5.41, 5.74) is 0.585. The van der Waals surface area contributed by atoms with Crippen LogP contribution in [-0.4, -0.2) is 38.8 Å². The van der Waals surface area contributed by atoms with Crippen molar-refractivity contribution in [2.75, 3.05) is 11.1 Å². The quantitative estimate of drug-likeness (QED) is 0.779. The highest BCUT2D eigenvalue weighted by Crippen LogP contribution is 2.22. The van der Waals surface area contributed by atoms with Crippen molar-refractivity contribution in [3.05, 3.63) is 40.9 Å². The number of carbonyl (C=O) groups excluding carboxylic acids is 3. The molecule has 0 aliphatic carbocycles. The number of hydrogen-bond donors (Lipinski definition) is 2. The van der Waals surface area contributed by atoms with Crippen LogP contribution in [0, 0.1) is 6.92 Å². The Morgan fingerprint density at radius 2 is 2.04 bits per heavy atom. The molecule has 8 nitrogen and oxygen atoms in total. The molecule has 0 unspecified atom stereocenters. The third kappa shape index (κ3) is 4.28. The van der Waals surface area contributed by atoms with Gasteiger partial charge in [-0.2, -0.15) is 4.99 Å². The Balaban J connectivity index is 1.60. The number of nitrogens with zero attached hydrogens (tertiary/aromatic N) is 3. The number of amides is 3. The summed E-state index contributed by atoms with van der Waals surface area (Å²) >= 11 is 2.24. The Labute approximate surface area is 151 Å². The van der Waals surface area contributed by atoms with Gasteiger partial charge in [0, 0.05) is 0 Å². The van der Waals surface area contributed by atoms with Gasteiger partial charge in [0.05, 0.1) is 5.75 Å². The van der Waals surface area contributed by atoms with Crippen LogP contribution in [0.1, 0.15) is 16.5 Å². The zero-order valence-corrected chi connectivity index (χ0v) is 14.7. The van der Waals surface area contributed by atoms with Crippen molar-refractivity contribution in [3.63, 3.8) is 0 Å². The molecule has 1 aliphatic rings. The number of aryl methyl sites for hydroxylation is 1. The van der Waals surface area contributed by atoms with Crippen molar-refractivity contribution in [3.8, 4) is 0 Å². The number of aliphatic imine (C=N–C) groups is 1. The molecular weight excluding hydrogens is 362 g/mol. The molecule has 0 bridgehead atoms. The van der Waals surface area contributed by atoms with E-state index in [1.165, 1.54) is 11.3 Å². The van der Waals surface area contributed by atoms with E-state index in [9.17, 15) is 14.4 Å². The van der Waals surface area contributed by atoms with Crippen LogP contribution in [0.2, 0.25) is 0 Å². The molecule has 0 spiro atoms. The number of benzene rings is 1. The molecule has 1 aliphatic heterocycles. The standard InChI is InChI=1S/C15H13N5O3S2/c1-8-19-20-15(25-8)16-10(21)7-24-14-17-12(22)11(13(23)18-14)9-5-3-2-4-6-9/h2-6,11H,7H2,1H3,(H,16,20,21)(H,17,18,22,23). The molecule has 1 atom stereocenters. The Morgan fingerprint density at radius 3 is 2.68 bits per heavy atom. The lowest BCUT2D eigenvalue weighted by molar-refractivity contribution is -0.129. The van der Waals surface area contributed by atoms with E-state index < -0.39 is 17.7 Å². The highest BCUT2D eigenvalue weighted by molar-refractivity contribution is 8.14. The molecule has 25 heavy (non-hydrogen) atoms. The van der Waals surface area contributed by atoms with Gasteiger partial charge in [0.25, 0.3) is 5.91 Å². The second-order valence-corrected chi connectivity index (χ2v) is 7.20. The number of hydrogen-bond acceptors (Lipinski definition) is 7. The van der Waals surface area contributed by atoms with Gasteiger partial charge in [0.15, 0.2) is 5.17 Å². The minimum absolute atomic E-state index is 0.0129. The Hall–Kier alpha value is -2.59. The van der Waals surface area contributed by atoms with Crippen molar-refractivity contribution in [1.82, 2.24) is 15.5 Å². The summed E-state index contributed by atoms with van der Waals surface area (Å²) < 4.78 is 0. The van der Waals surface area contributed by atoms with Gasteiger partial charge in [-0.05, 0) is 12.5 Å². The molecule has 2 heterocycles. The third-order valence-corrected chi connectivity index (χ3v) is 4.82. The van der Waals surface area contributed by atoms with Crippen LogP contribution >= 0.6 is 23.1 Å². The zero-order chi connectivity index (χ0) is 17.8. The summed E-state index contributed by atoms with van der Waals surface area (Å²) in [4.78, 5) is 40.1. The topological polar surface area (TPSA) is 113 Å². The molecule has 0 saturated carbocycles. The van der Waals surface area contributed by atoms with Crippen molar-refractivity contribution in [2.24, 2.45) is 4.99 Å². The largest absolute Gasteiger partial charge is 0.304 e. The molecule has 0 fully saturated rings. The molecule has 1 aromatic heterocycles. The van der Waals surface area contributed by atoms with Crippen LogP contribution in [0.3, 0.4) is 0 Å². The first-order valence-electron chi connectivity index (χ1n) is 7.24. The maximum absolute atomic E-state index is 12.2. The van der Waals surface area contributed by atoms with Gasteiger partial charge in [-0.3, -0.25) is 19.7 Å². The molecule has 128 valence electrons. The first-order valence-corrected chi connectivity index (χ1v) is 9.04. The number of thioether (sulfide) groups is 1. The molecule has 10 heteroatoms. The normalized spacial score (nSPS) is 17.0. The van der Waals surface area contributed by atoms with Gasteiger partial charge < -0.3 is 5.32 Å². The number of rotatable bonds is 4. The van der Waals surface area contributed by atoms with E-state index in [-0.39, 0.29) is 16.8 Å². The molecule has 2 N–H and O–H groups in total. The average Bonchev–Trinajstić information content (AvgIpc) is 2.98. The molecule has 3 amide bonds. The van der Waals surface area contributed by atoms with Crippen molar-refractivity contribution >= 4 is 51.1 Å². The Bertz CT molecular complexity index is 850. The van der Waals surface area contributed by atoms with Crippen molar-refractivity contribution in [2.45, 2.75) is 12.8 Å². The van der Waals surface area contributed by atoms with Crippen LogP contribution in [0.5, 0.6) is 0 Å². The summed E-state index contributed by atoms with van der Waals surface area (Å²) in [7, 11) is 0. The third-order valence-electron chi connectivity index (χ3n) is 3.20.